The fourth-order valence-electron chi connectivity index (χ4n) is 3.19. The van der Waals surface area contributed by atoms with Gasteiger partial charge in [-0.25, -0.2) is 4.79 Å². The Hall–Kier alpha value is -1.03. The number of amides is 1. The molecule has 4 unspecified atom stereocenters. The molecule has 1 amide bonds. The van der Waals surface area contributed by atoms with Crippen LogP contribution in [-0.4, -0.2) is 28.9 Å². The molecular formula is C15H25NO3. The van der Waals surface area contributed by atoms with Crippen molar-refractivity contribution in [2.45, 2.75) is 51.7 Å². The zero-order chi connectivity index (χ0) is 14.3. The third kappa shape index (κ3) is 3.50. The second-order valence-corrected chi connectivity index (χ2v) is 7.10. The van der Waals surface area contributed by atoms with E-state index in [2.05, 4.69) is 17.5 Å². The van der Waals surface area contributed by atoms with Crippen molar-refractivity contribution in [2.75, 3.05) is 6.54 Å². The Morgan fingerprint density at radius 3 is 2.47 bits per heavy atom. The molecule has 19 heavy (non-hydrogen) atoms. The van der Waals surface area contributed by atoms with E-state index in [0.29, 0.717) is 11.8 Å². The first kappa shape index (κ1) is 14.4. The van der Waals surface area contributed by atoms with E-state index >= 15 is 0 Å². The number of nitrogens with one attached hydrogen (secondary N) is 1. The normalized spacial score (nSPS) is 32.2. The first-order valence-electron chi connectivity index (χ1n) is 7.05. The van der Waals surface area contributed by atoms with E-state index < -0.39 is 17.3 Å². The van der Waals surface area contributed by atoms with Gasteiger partial charge in [-0.2, -0.15) is 0 Å². The summed E-state index contributed by atoms with van der Waals surface area (Å²) in [4.78, 5) is 11.6. The molecule has 4 atom stereocenters. The topological polar surface area (TPSA) is 58.6 Å². The first-order valence-corrected chi connectivity index (χ1v) is 7.05. The van der Waals surface area contributed by atoms with Crippen molar-refractivity contribution in [2.24, 2.45) is 17.8 Å². The fraction of sp³-hybridized carbons (Fsp3) is 0.800. The molecule has 2 aliphatic carbocycles. The second kappa shape index (κ2) is 4.82. The van der Waals surface area contributed by atoms with Crippen molar-refractivity contribution < 1.29 is 14.6 Å². The molecule has 1 fully saturated rings. The van der Waals surface area contributed by atoms with Gasteiger partial charge in [0.1, 0.15) is 5.60 Å². The van der Waals surface area contributed by atoms with Crippen LogP contribution < -0.4 is 5.32 Å². The summed E-state index contributed by atoms with van der Waals surface area (Å²) in [5.41, 5.74) is -1.38. The molecule has 2 bridgehead atoms. The number of aliphatic hydroxyl groups is 1. The molecule has 0 aliphatic heterocycles. The van der Waals surface area contributed by atoms with E-state index in [1.165, 1.54) is 0 Å². The number of carbonyl (C=O) groups excluding carboxylic acids is 1. The van der Waals surface area contributed by atoms with Crippen LogP contribution in [0.15, 0.2) is 12.2 Å². The Kier molecular flexibility index (Phi) is 3.65. The SMILES string of the molecule is CC(C)(C)OC(=O)NCC(C)(O)C1CC2C=CC1C2. The lowest BCUT2D eigenvalue weighted by Gasteiger charge is -2.34. The van der Waals surface area contributed by atoms with Crippen LogP contribution in [-0.2, 0) is 4.74 Å². The Morgan fingerprint density at radius 2 is 2.00 bits per heavy atom. The third-order valence-electron chi connectivity index (χ3n) is 4.07. The van der Waals surface area contributed by atoms with Crippen LogP contribution in [0.4, 0.5) is 4.79 Å². The number of carbonyl (C=O) groups is 1. The Balaban J connectivity index is 1.85. The van der Waals surface area contributed by atoms with Gasteiger partial charge in [0.2, 0.25) is 0 Å². The molecule has 1 saturated carbocycles. The van der Waals surface area contributed by atoms with Crippen molar-refractivity contribution in [3.63, 3.8) is 0 Å². The summed E-state index contributed by atoms with van der Waals surface area (Å²) in [6.07, 6.45) is 6.16. The number of hydrogen-bond donors (Lipinski definition) is 2. The zero-order valence-corrected chi connectivity index (χ0v) is 12.3. The number of ether oxygens (including phenoxy) is 1. The monoisotopic (exact) mass is 267 g/mol. The van der Waals surface area contributed by atoms with E-state index in [0.717, 1.165) is 12.8 Å². The van der Waals surface area contributed by atoms with Gasteiger partial charge in [0.05, 0.1) is 5.60 Å². The number of allylic oxidation sites excluding steroid dienone is 2. The number of hydrogen-bond acceptors (Lipinski definition) is 3. The van der Waals surface area contributed by atoms with Gasteiger partial charge in [0.15, 0.2) is 0 Å². The maximum atomic E-state index is 11.6. The zero-order valence-electron chi connectivity index (χ0n) is 12.3. The van der Waals surface area contributed by atoms with E-state index in [1.54, 1.807) is 0 Å². The standard InChI is InChI=1S/C15H25NO3/c1-14(2,3)19-13(17)16-9-15(4,18)12-8-10-5-6-11(12)7-10/h5-6,10-12,18H,7-9H2,1-4H3,(H,16,17). The minimum absolute atomic E-state index is 0.234. The smallest absolute Gasteiger partial charge is 0.407 e. The average Bonchev–Trinajstić information content (AvgIpc) is 2.86. The predicted octanol–water partition coefficient (Wildman–Crippen LogP) is 2.47. The Bertz CT molecular complexity index is 381. The third-order valence-corrected chi connectivity index (χ3v) is 4.07. The summed E-state index contributed by atoms with van der Waals surface area (Å²) in [5, 5.41) is 13.3. The summed E-state index contributed by atoms with van der Waals surface area (Å²) >= 11 is 0. The van der Waals surface area contributed by atoms with Crippen molar-refractivity contribution in [1.82, 2.24) is 5.32 Å². The quantitative estimate of drug-likeness (QED) is 0.772. The summed E-state index contributed by atoms with van der Waals surface area (Å²) in [7, 11) is 0. The second-order valence-electron chi connectivity index (χ2n) is 7.10. The van der Waals surface area contributed by atoms with Crippen molar-refractivity contribution in [3.8, 4) is 0 Å². The van der Waals surface area contributed by atoms with Crippen molar-refractivity contribution >= 4 is 6.09 Å². The molecule has 0 saturated heterocycles. The largest absolute Gasteiger partial charge is 0.444 e. The molecule has 0 heterocycles. The molecule has 0 spiro atoms. The first-order chi connectivity index (χ1) is 8.67. The molecule has 0 aromatic heterocycles. The van der Waals surface area contributed by atoms with Crippen LogP contribution in [0.1, 0.15) is 40.5 Å². The van der Waals surface area contributed by atoms with Gasteiger partial charge in [-0.15, -0.1) is 0 Å². The maximum absolute atomic E-state index is 11.6. The van der Waals surface area contributed by atoms with E-state index in [1.807, 2.05) is 27.7 Å². The minimum Gasteiger partial charge on any atom is -0.444 e. The highest BCUT2D eigenvalue weighted by Crippen LogP contribution is 2.47. The summed E-state index contributed by atoms with van der Waals surface area (Å²) in [5.74, 6) is 1.31. The highest BCUT2D eigenvalue weighted by Gasteiger charge is 2.45. The van der Waals surface area contributed by atoms with Gasteiger partial charge in [-0.1, -0.05) is 12.2 Å². The molecule has 2 aliphatic rings. The molecule has 108 valence electrons. The maximum Gasteiger partial charge on any atom is 0.407 e. The summed E-state index contributed by atoms with van der Waals surface area (Å²) in [6.45, 7) is 7.52. The molecule has 2 N–H and O–H groups in total. The number of rotatable bonds is 3. The molecule has 4 nitrogen and oxygen atoms in total. The van der Waals surface area contributed by atoms with Gasteiger partial charge in [0.25, 0.3) is 0 Å². The van der Waals surface area contributed by atoms with Gasteiger partial charge in [0, 0.05) is 6.54 Å². The number of fused-ring (bicyclic) bond motifs is 2. The lowest BCUT2D eigenvalue weighted by molar-refractivity contribution is -0.0149. The van der Waals surface area contributed by atoms with Crippen LogP contribution in [0.2, 0.25) is 0 Å². The van der Waals surface area contributed by atoms with Crippen LogP contribution in [0, 0.1) is 17.8 Å². The van der Waals surface area contributed by atoms with Gasteiger partial charge in [-0.3, -0.25) is 0 Å². The van der Waals surface area contributed by atoms with Crippen LogP contribution in [0.5, 0.6) is 0 Å². The van der Waals surface area contributed by atoms with Crippen LogP contribution in [0.3, 0.4) is 0 Å². The fourth-order valence-corrected chi connectivity index (χ4v) is 3.19. The highest BCUT2D eigenvalue weighted by molar-refractivity contribution is 5.67. The lowest BCUT2D eigenvalue weighted by atomic mass is 9.79. The van der Waals surface area contributed by atoms with Gasteiger partial charge >= 0.3 is 6.09 Å². The van der Waals surface area contributed by atoms with E-state index in [4.69, 9.17) is 4.74 Å². The van der Waals surface area contributed by atoms with Crippen LogP contribution >= 0.6 is 0 Å². The number of alkyl carbamates (subject to hydrolysis) is 1. The van der Waals surface area contributed by atoms with Crippen LogP contribution in [0.25, 0.3) is 0 Å². The molecule has 2 rings (SSSR count). The molecular weight excluding hydrogens is 242 g/mol. The minimum atomic E-state index is -0.874. The van der Waals surface area contributed by atoms with Gasteiger partial charge in [-0.05, 0) is 58.3 Å². The average molecular weight is 267 g/mol. The summed E-state index contributed by atoms with van der Waals surface area (Å²) < 4.78 is 5.18. The molecule has 4 heteroatoms. The highest BCUT2D eigenvalue weighted by atomic mass is 16.6. The molecule has 0 aromatic carbocycles. The Morgan fingerprint density at radius 1 is 1.32 bits per heavy atom. The molecule has 0 aromatic rings. The van der Waals surface area contributed by atoms with Gasteiger partial charge < -0.3 is 15.2 Å². The van der Waals surface area contributed by atoms with E-state index in [-0.39, 0.29) is 12.5 Å². The van der Waals surface area contributed by atoms with Crippen molar-refractivity contribution in [1.29, 1.82) is 0 Å². The summed E-state index contributed by atoms with van der Waals surface area (Å²) in [6, 6.07) is 0. The lowest BCUT2D eigenvalue weighted by Crippen LogP contribution is -2.48. The molecule has 0 radical (unpaired) electrons. The predicted molar refractivity (Wildman–Crippen MR) is 73.7 cm³/mol. The van der Waals surface area contributed by atoms with Crippen molar-refractivity contribution in [3.05, 3.63) is 12.2 Å². The van der Waals surface area contributed by atoms with E-state index in [9.17, 15) is 9.90 Å². The Labute approximate surface area is 115 Å².